The van der Waals surface area contributed by atoms with Crippen molar-refractivity contribution in [2.45, 2.75) is 56.8 Å². The van der Waals surface area contributed by atoms with Crippen molar-refractivity contribution in [1.82, 2.24) is 10.3 Å². The number of carbonyl (C=O) groups excluding carboxylic acids is 1. The minimum absolute atomic E-state index is 0.189. The van der Waals surface area contributed by atoms with Crippen LogP contribution in [0.2, 0.25) is 0 Å². The van der Waals surface area contributed by atoms with E-state index >= 15 is 0 Å². The fraction of sp³-hybridized carbons (Fsp3) is 0.303. The van der Waals surface area contributed by atoms with E-state index in [2.05, 4.69) is 26.0 Å². The van der Waals surface area contributed by atoms with Crippen LogP contribution in [0.1, 0.15) is 59.5 Å². The first-order chi connectivity index (χ1) is 20.4. The van der Waals surface area contributed by atoms with Crippen LogP contribution in [0.15, 0.2) is 77.3 Å². The summed E-state index contributed by atoms with van der Waals surface area (Å²) >= 11 is 3.51. The van der Waals surface area contributed by atoms with Gasteiger partial charge < -0.3 is 15.2 Å². The van der Waals surface area contributed by atoms with E-state index < -0.39 is 29.2 Å². The topological polar surface area (TPSA) is 88.5 Å². The largest absolute Gasteiger partial charge is 0.573 e. The van der Waals surface area contributed by atoms with Gasteiger partial charge in [-0.05, 0) is 80.5 Å². The smallest absolute Gasteiger partial charge is 0.481 e. The molecule has 2 bridgehead atoms. The van der Waals surface area contributed by atoms with Crippen molar-refractivity contribution in [2.24, 2.45) is 5.41 Å². The van der Waals surface area contributed by atoms with Crippen molar-refractivity contribution in [3.63, 3.8) is 0 Å². The zero-order valence-electron chi connectivity index (χ0n) is 23.2. The number of pyridine rings is 1. The summed E-state index contributed by atoms with van der Waals surface area (Å²) in [7, 11) is 0. The SMILES string of the molecule is Cc1c(-c2ccccc2)nc2ccc(Br)cc2c1C(=O)NC12CCC(C(=O)O)(CC1)CC2c1cccc(OC(F)(F)F)c1. The number of nitrogens with one attached hydrogen (secondary N) is 1. The van der Waals surface area contributed by atoms with E-state index in [4.69, 9.17) is 4.98 Å². The molecule has 3 aromatic carbocycles. The molecule has 6 nitrogen and oxygen atoms in total. The highest BCUT2D eigenvalue weighted by Gasteiger charge is 2.58. The number of carboxylic acids is 1. The molecule has 3 saturated carbocycles. The molecule has 222 valence electrons. The van der Waals surface area contributed by atoms with Crippen LogP contribution in [0.3, 0.4) is 0 Å². The predicted octanol–water partition coefficient (Wildman–Crippen LogP) is 8.17. The van der Waals surface area contributed by atoms with E-state index in [1.54, 1.807) is 6.07 Å². The number of nitrogens with zero attached hydrogens (tertiary/aromatic N) is 1. The van der Waals surface area contributed by atoms with Crippen molar-refractivity contribution in [1.29, 1.82) is 0 Å². The number of carboxylic acid groups (broad SMARTS) is 1. The van der Waals surface area contributed by atoms with Crippen LogP contribution >= 0.6 is 15.9 Å². The van der Waals surface area contributed by atoms with E-state index in [0.29, 0.717) is 59.0 Å². The van der Waals surface area contributed by atoms with E-state index in [-0.39, 0.29) is 18.1 Å². The number of benzene rings is 3. The fourth-order valence-electron chi connectivity index (χ4n) is 6.98. The maximum Gasteiger partial charge on any atom is 0.573 e. The maximum absolute atomic E-state index is 14.4. The van der Waals surface area contributed by atoms with Gasteiger partial charge in [-0.25, -0.2) is 4.98 Å². The first kappa shape index (κ1) is 29.2. The lowest BCUT2D eigenvalue weighted by Crippen LogP contribution is -2.62. The molecule has 0 saturated heterocycles. The van der Waals surface area contributed by atoms with Crippen LogP contribution in [-0.4, -0.2) is 33.9 Å². The summed E-state index contributed by atoms with van der Waals surface area (Å²) in [5, 5.41) is 14.1. The van der Waals surface area contributed by atoms with Gasteiger partial charge in [0.05, 0.1) is 22.2 Å². The summed E-state index contributed by atoms with van der Waals surface area (Å²) in [4.78, 5) is 31.7. The highest BCUT2D eigenvalue weighted by Crippen LogP contribution is 2.59. The Hall–Kier alpha value is -3.92. The fourth-order valence-corrected chi connectivity index (χ4v) is 7.34. The Bertz CT molecular complexity index is 1730. The Labute approximate surface area is 254 Å². The molecule has 1 atom stereocenters. The predicted molar refractivity (Wildman–Crippen MR) is 159 cm³/mol. The van der Waals surface area contributed by atoms with E-state index in [0.717, 1.165) is 10.0 Å². The molecule has 4 aromatic rings. The Kier molecular flexibility index (Phi) is 7.23. The van der Waals surface area contributed by atoms with Gasteiger partial charge in [-0.2, -0.15) is 0 Å². The van der Waals surface area contributed by atoms with Gasteiger partial charge in [0.2, 0.25) is 0 Å². The van der Waals surface area contributed by atoms with Crippen molar-refractivity contribution in [3.8, 4) is 17.0 Å². The molecule has 10 heteroatoms. The molecule has 3 aliphatic carbocycles. The number of fused-ring (bicyclic) bond motifs is 4. The maximum atomic E-state index is 14.4. The van der Waals surface area contributed by atoms with Crippen LogP contribution in [-0.2, 0) is 4.79 Å². The molecular weight excluding hydrogens is 625 g/mol. The van der Waals surface area contributed by atoms with Gasteiger partial charge in [0.25, 0.3) is 5.91 Å². The number of hydrogen-bond donors (Lipinski definition) is 2. The Morgan fingerprint density at radius 2 is 1.72 bits per heavy atom. The van der Waals surface area contributed by atoms with Crippen molar-refractivity contribution in [3.05, 3.63) is 94.0 Å². The molecular formula is C33H28BrF3N2O4. The molecule has 0 spiro atoms. The minimum atomic E-state index is -4.87. The summed E-state index contributed by atoms with van der Waals surface area (Å²) in [6.45, 7) is 1.86. The zero-order chi connectivity index (χ0) is 30.6. The lowest BCUT2D eigenvalue weighted by Gasteiger charge is -2.56. The number of ether oxygens (including phenoxy) is 1. The average Bonchev–Trinajstić information content (AvgIpc) is 2.97. The first-order valence-corrected chi connectivity index (χ1v) is 14.8. The highest BCUT2D eigenvalue weighted by molar-refractivity contribution is 9.10. The summed E-state index contributed by atoms with van der Waals surface area (Å²) in [5.41, 5.74) is 1.93. The Balaban J connectivity index is 1.45. The average molecular weight is 653 g/mol. The van der Waals surface area contributed by atoms with Crippen LogP contribution in [0.5, 0.6) is 5.75 Å². The summed E-state index contributed by atoms with van der Waals surface area (Å²) < 4.78 is 44.1. The molecule has 1 amide bonds. The number of rotatable bonds is 6. The second-order valence-corrected chi connectivity index (χ2v) is 12.5. The molecule has 43 heavy (non-hydrogen) atoms. The standard InChI is InChI=1S/C33H28BrF3N2O4/c1-19-27(24-17-22(34)10-11-26(24)38-28(19)20-6-3-2-4-7-20)29(40)39-32-14-12-31(13-15-32,30(41)42)18-25(32)21-8-5-9-23(16-21)43-33(35,36)37/h2-11,16-17,25H,12-15,18H2,1H3,(H,39,40)(H,41,42). The molecule has 0 aliphatic heterocycles. The Morgan fingerprint density at radius 1 is 1.00 bits per heavy atom. The number of amides is 1. The van der Waals surface area contributed by atoms with E-state index in [9.17, 15) is 27.9 Å². The quantitative estimate of drug-likeness (QED) is 0.219. The Morgan fingerprint density at radius 3 is 2.40 bits per heavy atom. The second-order valence-electron chi connectivity index (χ2n) is 11.6. The van der Waals surface area contributed by atoms with Gasteiger partial charge in [-0.3, -0.25) is 9.59 Å². The number of aromatic nitrogens is 1. The zero-order valence-corrected chi connectivity index (χ0v) is 24.8. The van der Waals surface area contributed by atoms with Crippen LogP contribution < -0.4 is 10.1 Å². The molecule has 3 aliphatic rings. The molecule has 1 heterocycles. The lowest BCUT2D eigenvalue weighted by atomic mass is 9.51. The molecule has 3 fully saturated rings. The third-order valence-corrected chi connectivity index (χ3v) is 9.63. The monoisotopic (exact) mass is 652 g/mol. The van der Waals surface area contributed by atoms with Gasteiger partial charge >= 0.3 is 12.3 Å². The number of aliphatic carboxylic acids is 1. The first-order valence-electron chi connectivity index (χ1n) is 14.0. The number of hydrogen-bond acceptors (Lipinski definition) is 4. The lowest BCUT2D eigenvalue weighted by molar-refractivity contribution is -0.274. The molecule has 2 N–H and O–H groups in total. The molecule has 7 rings (SSSR count). The van der Waals surface area contributed by atoms with Crippen LogP contribution in [0.4, 0.5) is 13.2 Å². The van der Waals surface area contributed by atoms with E-state index in [1.807, 2.05) is 55.5 Å². The van der Waals surface area contributed by atoms with Gasteiger partial charge in [0.1, 0.15) is 5.75 Å². The van der Waals surface area contributed by atoms with Gasteiger partial charge in [0.15, 0.2) is 0 Å². The van der Waals surface area contributed by atoms with Crippen molar-refractivity contribution >= 4 is 38.7 Å². The van der Waals surface area contributed by atoms with Crippen molar-refractivity contribution in [2.75, 3.05) is 0 Å². The van der Waals surface area contributed by atoms with Gasteiger partial charge in [-0.15, -0.1) is 13.2 Å². The third kappa shape index (κ3) is 5.37. The van der Waals surface area contributed by atoms with Crippen LogP contribution in [0.25, 0.3) is 22.2 Å². The summed E-state index contributed by atoms with van der Waals surface area (Å²) in [5.74, 6) is -2.18. The van der Waals surface area contributed by atoms with Crippen LogP contribution in [0, 0.1) is 12.3 Å². The summed E-state index contributed by atoms with van der Waals surface area (Å²) in [6.07, 6.45) is -3.23. The summed E-state index contributed by atoms with van der Waals surface area (Å²) in [6, 6.07) is 20.8. The van der Waals surface area contributed by atoms with Crippen molar-refractivity contribution < 1.29 is 32.6 Å². The number of alkyl halides is 3. The van der Waals surface area contributed by atoms with Gasteiger partial charge in [0, 0.05) is 26.9 Å². The van der Waals surface area contributed by atoms with Gasteiger partial charge in [-0.1, -0.05) is 58.4 Å². The number of carbonyl (C=O) groups is 2. The van der Waals surface area contributed by atoms with E-state index in [1.165, 1.54) is 18.2 Å². The molecule has 1 aromatic heterocycles. The number of halogens is 4. The molecule has 0 radical (unpaired) electrons. The third-order valence-electron chi connectivity index (χ3n) is 9.14. The molecule has 1 unspecified atom stereocenters. The second kappa shape index (κ2) is 10.7. The normalized spacial score (nSPS) is 23.2. The minimum Gasteiger partial charge on any atom is -0.481 e. The highest BCUT2D eigenvalue weighted by atomic mass is 79.9.